The van der Waals surface area contributed by atoms with Gasteiger partial charge in [0, 0.05) is 13.6 Å². The number of furan rings is 1. The highest BCUT2D eigenvalue weighted by molar-refractivity contribution is 7.99. The molecule has 1 amide bonds. The number of carbonyl (C=O) groups excluding carboxylic acids is 1. The minimum absolute atomic E-state index is 0.0149. The summed E-state index contributed by atoms with van der Waals surface area (Å²) in [5.74, 6) is -1.04. The average molecular weight is 373 g/mol. The number of nitriles is 1. The van der Waals surface area contributed by atoms with Crippen LogP contribution < -0.4 is 0 Å². The van der Waals surface area contributed by atoms with E-state index in [0.717, 1.165) is 16.3 Å². The van der Waals surface area contributed by atoms with Crippen LogP contribution >= 0.6 is 11.8 Å². The Morgan fingerprint density at radius 2 is 2.24 bits per heavy atom. The number of thioether (sulfide) groups is 1. The minimum Gasteiger partial charge on any atom is -0.467 e. The summed E-state index contributed by atoms with van der Waals surface area (Å²) in [6.45, 7) is 0.379. The molecule has 0 fully saturated rings. The average Bonchev–Trinajstić information content (AvgIpc) is 3.18. The maximum absolute atomic E-state index is 12.7. The molecule has 0 aromatic carbocycles. The number of nitrogens with zero attached hydrogens (tertiary/aromatic N) is 5. The largest absolute Gasteiger partial charge is 0.467 e. The van der Waals surface area contributed by atoms with Gasteiger partial charge in [0.25, 0.3) is 0 Å². The Hall–Kier alpha value is -2.48. The molecule has 0 spiro atoms. The Kier molecular flexibility index (Phi) is 6.08. The molecule has 0 aliphatic rings. The van der Waals surface area contributed by atoms with Crippen molar-refractivity contribution in [1.29, 1.82) is 5.26 Å². The number of aromatic nitrogens is 3. The van der Waals surface area contributed by atoms with Gasteiger partial charge in [0.2, 0.25) is 11.7 Å². The van der Waals surface area contributed by atoms with E-state index in [9.17, 15) is 18.0 Å². The molecule has 0 saturated carbocycles. The van der Waals surface area contributed by atoms with Crippen LogP contribution in [0.2, 0.25) is 0 Å². The van der Waals surface area contributed by atoms with Gasteiger partial charge in [0.1, 0.15) is 5.76 Å². The van der Waals surface area contributed by atoms with E-state index in [2.05, 4.69) is 10.2 Å². The van der Waals surface area contributed by atoms with E-state index < -0.39 is 12.0 Å². The van der Waals surface area contributed by atoms with E-state index in [1.54, 1.807) is 12.1 Å². The number of rotatable bonds is 7. The molecule has 0 saturated heterocycles. The van der Waals surface area contributed by atoms with Gasteiger partial charge < -0.3 is 13.9 Å². The lowest BCUT2D eigenvalue weighted by Crippen LogP contribution is -2.32. The Bertz CT molecular complexity index is 752. The first-order valence-corrected chi connectivity index (χ1v) is 8.08. The van der Waals surface area contributed by atoms with Gasteiger partial charge in [-0.3, -0.25) is 4.79 Å². The lowest BCUT2D eigenvalue weighted by molar-refractivity contribution is -0.147. The zero-order valence-corrected chi connectivity index (χ0v) is 14.0. The van der Waals surface area contributed by atoms with Crippen molar-refractivity contribution in [2.45, 2.75) is 24.3 Å². The predicted octanol–water partition coefficient (Wildman–Crippen LogP) is 2.46. The third kappa shape index (κ3) is 4.99. The van der Waals surface area contributed by atoms with Gasteiger partial charge in [-0.1, -0.05) is 11.8 Å². The van der Waals surface area contributed by atoms with Crippen molar-refractivity contribution in [2.75, 3.05) is 12.3 Å². The fraction of sp³-hybridized carbons (Fsp3) is 0.429. The maximum Gasteiger partial charge on any atom is 0.451 e. The molecule has 134 valence electrons. The van der Waals surface area contributed by atoms with Crippen LogP contribution in [0.4, 0.5) is 13.2 Å². The molecule has 2 aromatic heterocycles. The van der Waals surface area contributed by atoms with Gasteiger partial charge in [0.05, 0.1) is 31.1 Å². The second-order valence-electron chi connectivity index (χ2n) is 4.95. The summed E-state index contributed by atoms with van der Waals surface area (Å²) in [5, 5.41) is 15.3. The molecule has 0 unspecified atom stereocenters. The number of carbonyl (C=O) groups is 1. The summed E-state index contributed by atoms with van der Waals surface area (Å²) in [6, 6.07) is 5.32. The highest BCUT2D eigenvalue weighted by atomic mass is 32.2. The van der Waals surface area contributed by atoms with Crippen molar-refractivity contribution in [3.8, 4) is 6.07 Å². The van der Waals surface area contributed by atoms with Crippen LogP contribution in [0.5, 0.6) is 0 Å². The normalized spacial score (nSPS) is 11.3. The zero-order chi connectivity index (χ0) is 18.4. The fourth-order valence-electron chi connectivity index (χ4n) is 1.97. The van der Waals surface area contributed by atoms with Crippen molar-refractivity contribution in [3.63, 3.8) is 0 Å². The van der Waals surface area contributed by atoms with Crippen LogP contribution in [0.3, 0.4) is 0 Å². The topological polar surface area (TPSA) is 88.0 Å². The molecule has 0 atom stereocenters. The number of hydrogen-bond acceptors (Lipinski definition) is 6. The summed E-state index contributed by atoms with van der Waals surface area (Å²) < 4.78 is 44.1. The summed E-state index contributed by atoms with van der Waals surface area (Å²) in [6.07, 6.45) is -3.00. The molecule has 0 aliphatic heterocycles. The number of hydrogen-bond donors (Lipinski definition) is 0. The van der Waals surface area contributed by atoms with Gasteiger partial charge in [-0.25, -0.2) is 0 Å². The molecule has 0 bridgehead atoms. The second kappa shape index (κ2) is 8.06. The minimum atomic E-state index is -4.61. The summed E-state index contributed by atoms with van der Waals surface area (Å²) in [5.41, 5.74) is 0. The molecule has 7 nitrogen and oxygen atoms in total. The van der Waals surface area contributed by atoms with E-state index in [4.69, 9.17) is 9.68 Å². The van der Waals surface area contributed by atoms with Crippen LogP contribution in [0.15, 0.2) is 28.0 Å². The number of alkyl halides is 3. The van der Waals surface area contributed by atoms with Crippen LogP contribution in [-0.2, 0) is 24.6 Å². The lowest BCUT2D eigenvalue weighted by Gasteiger charge is -2.20. The number of amides is 1. The molecule has 25 heavy (non-hydrogen) atoms. The van der Waals surface area contributed by atoms with Gasteiger partial charge in [-0.05, 0) is 12.1 Å². The molecule has 11 heteroatoms. The quantitative estimate of drug-likeness (QED) is 0.693. The van der Waals surface area contributed by atoms with Crippen molar-refractivity contribution in [3.05, 3.63) is 30.0 Å². The van der Waals surface area contributed by atoms with E-state index in [0.29, 0.717) is 5.76 Å². The van der Waals surface area contributed by atoms with Crippen molar-refractivity contribution >= 4 is 17.7 Å². The molecule has 0 radical (unpaired) electrons. The third-order valence-corrected chi connectivity index (χ3v) is 4.19. The van der Waals surface area contributed by atoms with Crippen molar-refractivity contribution in [2.24, 2.45) is 7.05 Å². The van der Waals surface area contributed by atoms with Gasteiger partial charge in [0.15, 0.2) is 5.16 Å². The Labute approximate surface area is 145 Å². The highest BCUT2D eigenvalue weighted by Crippen LogP contribution is 2.29. The van der Waals surface area contributed by atoms with Crippen molar-refractivity contribution < 1.29 is 22.4 Å². The van der Waals surface area contributed by atoms with E-state index >= 15 is 0 Å². The second-order valence-corrected chi connectivity index (χ2v) is 5.90. The van der Waals surface area contributed by atoms with Crippen LogP contribution in [0.1, 0.15) is 18.0 Å². The standard InChI is InChI=1S/C14H14F3N5O2S/c1-21-12(14(15,16)17)19-20-13(21)25-9-11(23)22(6-3-5-18)8-10-4-2-7-24-10/h2,4,7H,3,6,8-9H2,1H3. The Morgan fingerprint density at radius 3 is 2.80 bits per heavy atom. The Balaban J connectivity index is 2.01. The monoisotopic (exact) mass is 373 g/mol. The molecule has 2 heterocycles. The predicted molar refractivity (Wildman–Crippen MR) is 81.1 cm³/mol. The van der Waals surface area contributed by atoms with Crippen LogP contribution in [0.25, 0.3) is 0 Å². The summed E-state index contributed by atoms with van der Waals surface area (Å²) in [4.78, 5) is 13.8. The first-order chi connectivity index (χ1) is 11.8. The van der Waals surface area contributed by atoms with E-state index in [1.807, 2.05) is 6.07 Å². The Morgan fingerprint density at radius 1 is 1.48 bits per heavy atom. The van der Waals surface area contributed by atoms with Crippen molar-refractivity contribution in [1.82, 2.24) is 19.7 Å². The summed E-state index contributed by atoms with van der Waals surface area (Å²) >= 11 is 0.851. The first kappa shape index (κ1) is 18.9. The SMILES string of the molecule is Cn1c(SCC(=O)N(CCC#N)Cc2ccco2)nnc1C(F)(F)F. The third-order valence-electron chi connectivity index (χ3n) is 3.19. The van der Waals surface area contributed by atoms with Crippen LogP contribution in [-0.4, -0.2) is 37.9 Å². The molecular weight excluding hydrogens is 359 g/mol. The maximum atomic E-state index is 12.7. The molecule has 0 N–H and O–H groups in total. The first-order valence-electron chi connectivity index (χ1n) is 7.09. The zero-order valence-electron chi connectivity index (χ0n) is 13.2. The van der Waals surface area contributed by atoms with Crippen LogP contribution in [0, 0.1) is 11.3 Å². The smallest absolute Gasteiger partial charge is 0.451 e. The summed E-state index contributed by atoms with van der Waals surface area (Å²) in [7, 11) is 1.19. The van der Waals surface area contributed by atoms with Gasteiger partial charge in [-0.2, -0.15) is 18.4 Å². The van der Waals surface area contributed by atoms with Gasteiger partial charge >= 0.3 is 6.18 Å². The highest BCUT2D eigenvalue weighted by Gasteiger charge is 2.37. The van der Waals surface area contributed by atoms with E-state index in [-0.39, 0.29) is 36.3 Å². The lowest BCUT2D eigenvalue weighted by atomic mass is 10.3. The molecule has 2 aromatic rings. The molecular formula is C14H14F3N5O2S. The fourth-order valence-corrected chi connectivity index (χ4v) is 2.79. The van der Waals surface area contributed by atoms with E-state index in [1.165, 1.54) is 18.2 Å². The molecule has 2 rings (SSSR count). The molecule has 0 aliphatic carbocycles. The van der Waals surface area contributed by atoms with Gasteiger partial charge in [-0.15, -0.1) is 10.2 Å². The number of halogens is 3.